The van der Waals surface area contributed by atoms with Crippen LogP contribution in [0, 0.1) is 0 Å². The fourth-order valence-electron chi connectivity index (χ4n) is 4.22. The Kier molecular flexibility index (Phi) is 10.6. The van der Waals surface area contributed by atoms with Crippen LogP contribution >= 0.6 is 35.3 Å². The summed E-state index contributed by atoms with van der Waals surface area (Å²) in [5.41, 5.74) is 2.61. The molecule has 4 rings (SSSR count). The van der Waals surface area contributed by atoms with E-state index < -0.39 is 0 Å². The third kappa shape index (κ3) is 7.60. The van der Waals surface area contributed by atoms with E-state index in [9.17, 15) is 0 Å². The third-order valence-electron chi connectivity index (χ3n) is 5.92. The molecule has 0 radical (unpaired) electrons. The third-order valence-corrected chi connectivity index (χ3v) is 6.85. The molecule has 6 nitrogen and oxygen atoms in total. The Morgan fingerprint density at radius 3 is 2.59 bits per heavy atom. The second kappa shape index (κ2) is 13.4. The zero-order chi connectivity index (χ0) is 21.3. The van der Waals surface area contributed by atoms with Gasteiger partial charge in [-0.05, 0) is 48.4 Å². The Morgan fingerprint density at radius 1 is 1.09 bits per heavy atom. The molecule has 3 heterocycles. The van der Waals surface area contributed by atoms with Crippen LogP contribution in [-0.4, -0.2) is 62.8 Å². The smallest absolute Gasteiger partial charge is 0.191 e. The molecule has 0 atom stereocenters. The normalized spacial score (nSPS) is 18.3. The highest BCUT2D eigenvalue weighted by Gasteiger charge is 2.20. The lowest BCUT2D eigenvalue weighted by Crippen LogP contribution is -2.48. The molecule has 1 aromatic carbocycles. The molecule has 0 amide bonds. The van der Waals surface area contributed by atoms with Gasteiger partial charge in [-0.1, -0.05) is 24.3 Å². The van der Waals surface area contributed by atoms with Crippen LogP contribution in [0.2, 0.25) is 0 Å². The Hall–Kier alpha value is -1.36. The highest BCUT2D eigenvalue weighted by atomic mass is 127. The predicted molar refractivity (Wildman–Crippen MR) is 145 cm³/mol. The highest BCUT2D eigenvalue weighted by molar-refractivity contribution is 14.0. The van der Waals surface area contributed by atoms with Gasteiger partial charge < -0.3 is 20.3 Å². The van der Waals surface area contributed by atoms with Crippen molar-refractivity contribution in [2.75, 3.05) is 50.8 Å². The van der Waals surface area contributed by atoms with Gasteiger partial charge in [0.1, 0.15) is 0 Å². The molecule has 176 valence electrons. The topological polar surface area (TPSA) is 52.1 Å². The summed E-state index contributed by atoms with van der Waals surface area (Å²) in [5.74, 6) is 0.927. The standard InChI is InChI=1S/C24H35N5OS.HI/c1-2-25-24(27-22-8-10-29(11-9-22)23-7-4-16-31-23)26-18-20-5-3-6-21(17-20)19-28-12-14-30-15-13-28;/h3-7,16-17,22H,2,8-15,18-19H2,1H3,(H2,25,26,27);1H. The number of nitrogens with one attached hydrogen (secondary N) is 2. The summed E-state index contributed by atoms with van der Waals surface area (Å²) in [6, 6.07) is 13.7. The van der Waals surface area contributed by atoms with Crippen molar-refractivity contribution in [2.45, 2.75) is 38.9 Å². The van der Waals surface area contributed by atoms with E-state index in [1.54, 1.807) is 0 Å². The first kappa shape index (κ1) is 25.3. The number of piperidine rings is 1. The van der Waals surface area contributed by atoms with Crippen molar-refractivity contribution in [3.8, 4) is 0 Å². The van der Waals surface area contributed by atoms with E-state index in [-0.39, 0.29) is 24.0 Å². The molecule has 2 saturated heterocycles. The van der Waals surface area contributed by atoms with Crippen LogP contribution in [0.4, 0.5) is 5.00 Å². The molecule has 0 aliphatic carbocycles. The molecular formula is C24H36IN5OS. The quantitative estimate of drug-likeness (QED) is 0.301. The van der Waals surface area contributed by atoms with Gasteiger partial charge in [0, 0.05) is 45.3 Å². The fourth-order valence-corrected chi connectivity index (χ4v) is 5.01. The zero-order valence-corrected chi connectivity index (χ0v) is 22.1. The van der Waals surface area contributed by atoms with Gasteiger partial charge >= 0.3 is 0 Å². The maximum absolute atomic E-state index is 5.46. The molecule has 2 aliphatic rings. The van der Waals surface area contributed by atoms with Gasteiger partial charge in [0.15, 0.2) is 5.96 Å². The van der Waals surface area contributed by atoms with Gasteiger partial charge in [0.05, 0.1) is 24.8 Å². The van der Waals surface area contributed by atoms with Crippen LogP contribution in [0.25, 0.3) is 0 Å². The van der Waals surface area contributed by atoms with Crippen molar-refractivity contribution in [1.82, 2.24) is 15.5 Å². The molecule has 2 N–H and O–H groups in total. The van der Waals surface area contributed by atoms with Gasteiger partial charge in [-0.3, -0.25) is 4.90 Å². The number of aliphatic imine (C=N–C) groups is 1. The number of morpholine rings is 1. The molecule has 2 aromatic rings. The Bertz CT molecular complexity index is 818. The van der Waals surface area contributed by atoms with Crippen LogP contribution in [0.15, 0.2) is 46.8 Å². The van der Waals surface area contributed by atoms with E-state index in [1.165, 1.54) is 16.1 Å². The molecule has 0 spiro atoms. The number of rotatable bonds is 7. The zero-order valence-electron chi connectivity index (χ0n) is 19.0. The Morgan fingerprint density at radius 2 is 1.88 bits per heavy atom. The molecule has 8 heteroatoms. The second-order valence-corrected chi connectivity index (χ2v) is 9.19. The number of hydrogen-bond acceptors (Lipinski definition) is 5. The summed E-state index contributed by atoms with van der Waals surface area (Å²) in [4.78, 5) is 9.84. The summed E-state index contributed by atoms with van der Waals surface area (Å²) in [6.07, 6.45) is 2.27. The van der Waals surface area contributed by atoms with Crippen LogP contribution in [0.1, 0.15) is 30.9 Å². The molecule has 32 heavy (non-hydrogen) atoms. The monoisotopic (exact) mass is 569 g/mol. The first-order valence-corrected chi connectivity index (χ1v) is 12.4. The van der Waals surface area contributed by atoms with Crippen molar-refractivity contribution in [2.24, 2.45) is 4.99 Å². The fraction of sp³-hybridized carbons (Fsp3) is 0.542. The molecule has 2 aliphatic heterocycles. The van der Waals surface area contributed by atoms with Crippen molar-refractivity contribution < 1.29 is 4.74 Å². The number of benzene rings is 1. The highest BCUT2D eigenvalue weighted by Crippen LogP contribution is 2.24. The number of hydrogen-bond donors (Lipinski definition) is 2. The van der Waals surface area contributed by atoms with Crippen LogP contribution < -0.4 is 15.5 Å². The Balaban J connectivity index is 0.00000289. The lowest BCUT2D eigenvalue weighted by atomic mass is 10.1. The van der Waals surface area contributed by atoms with Gasteiger partial charge in [0.2, 0.25) is 0 Å². The van der Waals surface area contributed by atoms with E-state index in [1.807, 2.05) is 11.3 Å². The van der Waals surface area contributed by atoms with Gasteiger partial charge in [0.25, 0.3) is 0 Å². The van der Waals surface area contributed by atoms with Crippen LogP contribution in [0.3, 0.4) is 0 Å². The van der Waals surface area contributed by atoms with Crippen molar-refractivity contribution in [1.29, 1.82) is 0 Å². The summed E-state index contributed by atoms with van der Waals surface area (Å²) in [7, 11) is 0. The SMILES string of the molecule is CCNC(=NCc1cccc(CN2CCOCC2)c1)NC1CCN(c2cccs2)CC1.I. The van der Waals surface area contributed by atoms with E-state index in [0.29, 0.717) is 12.6 Å². The first-order chi connectivity index (χ1) is 15.3. The molecule has 0 unspecified atom stereocenters. The van der Waals surface area contributed by atoms with E-state index in [2.05, 4.69) is 69.1 Å². The van der Waals surface area contributed by atoms with Gasteiger partial charge in [-0.2, -0.15) is 0 Å². The molecular weight excluding hydrogens is 533 g/mol. The lowest BCUT2D eigenvalue weighted by molar-refractivity contribution is 0.0342. The van der Waals surface area contributed by atoms with E-state index in [0.717, 1.165) is 71.3 Å². The summed E-state index contributed by atoms with van der Waals surface area (Å²) >= 11 is 1.83. The first-order valence-electron chi connectivity index (χ1n) is 11.5. The van der Waals surface area contributed by atoms with E-state index >= 15 is 0 Å². The molecule has 0 saturated carbocycles. The molecule has 2 fully saturated rings. The number of thiophene rings is 1. The van der Waals surface area contributed by atoms with Crippen molar-refractivity contribution >= 4 is 46.3 Å². The summed E-state index contributed by atoms with van der Waals surface area (Å²) in [6.45, 7) is 10.6. The van der Waals surface area contributed by atoms with E-state index in [4.69, 9.17) is 9.73 Å². The number of ether oxygens (including phenoxy) is 1. The second-order valence-electron chi connectivity index (χ2n) is 8.26. The Labute approximate surface area is 213 Å². The minimum absolute atomic E-state index is 0. The van der Waals surface area contributed by atoms with Crippen LogP contribution in [0.5, 0.6) is 0 Å². The van der Waals surface area contributed by atoms with Crippen molar-refractivity contribution in [3.63, 3.8) is 0 Å². The number of anilines is 1. The predicted octanol–water partition coefficient (Wildman–Crippen LogP) is 3.92. The number of halogens is 1. The summed E-state index contributed by atoms with van der Waals surface area (Å²) in [5, 5.41) is 10.6. The number of nitrogens with zero attached hydrogens (tertiary/aromatic N) is 3. The maximum atomic E-state index is 5.46. The maximum Gasteiger partial charge on any atom is 0.191 e. The van der Waals surface area contributed by atoms with Gasteiger partial charge in [-0.25, -0.2) is 4.99 Å². The van der Waals surface area contributed by atoms with Crippen LogP contribution in [-0.2, 0) is 17.8 Å². The molecule has 1 aromatic heterocycles. The summed E-state index contributed by atoms with van der Waals surface area (Å²) < 4.78 is 5.46. The largest absolute Gasteiger partial charge is 0.379 e. The lowest BCUT2D eigenvalue weighted by Gasteiger charge is -2.33. The van der Waals surface area contributed by atoms with Gasteiger partial charge in [-0.15, -0.1) is 35.3 Å². The average Bonchev–Trinajstić information content (AvgIpc) is 3.34. The average molecular weight is 570 g/mol. The number of guanidine groups is 1. The molecule has 0 bridgehead atoms. The minimum atomic E-state index is 0. The van der Waals surface area contributed by atoms with Crippen molar-refractivity contribution in [3.05, 3.63) is 52.9 Å². The minimum Gasteiger partial charge on any atom is -0.379 e.